The number of aromatic hydroxyl groups is 1. The monoisotopic (exact) mass is 212 g/mol. The van der Waals surface area contributed by atoms with Crippen LogP contribution in [0.15, 0.2) is 18.2 Å². The molecule has 15 heavy (non-hydrogen) atoms. The fourth-order valence-electron chi connectivity index (χ4n) is 1.14. The van der Waals surface area contributed by atoms with Crippen LogP contribution in [0.2, 0.25) is 0 Å². The smallest absolute Gasteiger partial charge is 0.249 e. The van der Waals surface area contributed by atoms with Gasteiger partial charge in [0, 0.05) is 5.56 Å². The molecule has 7 N–H and O–H groups in total. The van der Waals surface area contributed by atoms with Crippen molar-refractivity contribution in [2.75, 3.05) is 5.73 Å². The van der Waals surface area contributed by atoms with Gasteiger partial charge in [0.05, 0.1) is 5.69 Å². The van der Waals surface area contributed by atoms with Gasteiger partial charge in [0.2, 0.25) is 5.91 Å². The molecule has 2 atom stereocenters. The lowest BCUT2D eigenvalue weighted by atomic mass is 10.0. The van der Waals surface area contributed by atoms with Crippen LogP contribution in [0.1, 0.15) is 11.7 Å². The van der Waals surface area contributed by atoms with E-state index in [1.165, 1.54) is 18.2 Å². The molecule has 1 aromatic rings. The molecule has 2 unspecified atom stereocenters. The lowest BCUT2D eigenvalue weighted by Crippen LogP contribution is -2.33. The first kappa shape index (κ1) is 11.3. The third kappa shape index (κ3) is 2.17. The molecule has 0 saturated heterocycles. The topological polar surface area (TPSA) is 130 Å². The standard InChI is InChI=1S/C9H12N2O4/c10-5-3-1-2-4(6(5)12)7(13)8(14)9(11)15/h1-3,7-8,12-14H,10H2,(H2,11,15). The fraction of sp³-hybridized carbons (Fsp3) is 0.222. The Kier molecular flexibility index (Phi) is 3.13. The van der Waals surface area contributed by atoms with Crippen molar-refractivity contribution in [1.82, 2.24) is 0 Å². The Hall–Kier alpha value is -1.79. The molecule has 0 radical (unpaired) electrons. The van der Waals surface area contributed by atoms with Gasteiger partial charge in [-0.3, -0.25) is 4.79 Å². The van der Waals surface area contributed by atoms with Crippen LogP contribution in [0.25, 0.3) is 0 Å². The number of rotatable bonds is 3. The zero-order valence-electron chi connectivity index (χ0n) is 7.79. The predicted molar refractivity (Wildman–Crippen MR) is 52.7 cm³/mol. The van der Waals surface area contributed by atoms with E-state index in [1.54, 1.807) is 0 Å². The molecule has 6 nitrogen and oxygen atoms in total. The van der Waals surface area contributed by atoms with Gasteiger partial charge in [-0.25, -0.2) is 0 Å². The van der Waals surface area contributed by atoms with E-state index in [9.17, 15) is 20.1 Å². The molecule has 1 rings (SSSR count). The van der Waals surface area contributed by atoms with E-state index >= 15 is 0 Å². The molecular formula is C9H12N2O4. The molecule has 1 amide bonds. The molecule has 0 aliphatic heterocycles. The zero-order valence-corrected chi connectivity index (χ0v) is 7.79. The van der Waals surface area contributed by atoms with Crippen molar-refractivity contribution in [3.8, 4) is 5.75 Å². The Bertz CT molecular complexity index is 380. The summed E-state index contributed by atoms with van der Waals surface area (Å²) in [6, 6.07) is 4.23. The summed E-state index contributed by atoms with van der Waals surface area (Å²) < 4.78 is 0. The average Bonchev–Trinajstić information content (AvgIpc) is 2.20. The highest BCUT2D eigenvalue weighted by atomic mass is 16.3. The molecule has 0 saturated carbocycles. The second-order valence-electron chi connectivity index (χ2n) is 3.08. The summed E-state index contributed by atoms with van der Waals surface area (Å²) in [4.78, 5) is 10.6. The Balaban J connectivity index is 3.06. The lowest BCUT2D eigenvalue weighted by Gasteiger charge is -2.16. The summed E-state index contributed by atoms with van der Waals surface area (Å²) in [6.45, 7) is 0. The van der Waals surface area contributed by atoms with Crippen molar-refractivity contribution in [3.05, 3.63) is 23.8 Å². The normalized spacial score (nSPS) is 14.5. The summed E-state index contributed by atoms with van der Waals surface area (Å²) in [5.74, 6) is -1.45. The second-order valence-corrected chi connectivity index (χ2v) is 3.08. The number of carbonyl (C=O) groups is 1. The number of para-hydroxylation sites is 1. The number of nitrogens with two attached hydrogens (primary N) is 2. The van der Waals surface area contributed by atoms with Gasteiger partial charge in [0.1, 0.15) is 11.9 Å². The van der Waals surface area contributed by atoms with Crippen LogP contribution in [0.5, 0.6) is 5.75 Å². The van der Waals surface area contributed by atoms with E-state index in [0.717, 1.165) is 0 Å². The van der Waals surface area contributed by atoms with E-state index in [2.05, 4.69) is 0 Å². The minimum atomic E-state index is -1.78. The first-order valence-electron chi connectivity index (χ1n) is 4.18. The molecule has 0 heterocycles. The molecule has 0 aromatic heterocycles. The van der Waals surface area contributed by atoms with E-state index in [0.29, 0.717) is 0 Å². The second kappa shape index (κ2) is 4.16. The number of benzene rings is 1. The molecule has 0 fully saturated rings. The predicted octanol–water partition coefficient (Wildman–Crippen LogP) is -1.15. The molecule has 0 spiro atoms. The van der Waals surface area contributed by atoms with E-state index in [1.807, 2.05) is 0 Å². The first-order valence-corrected chi connectivity index (χ1v) is 4.18. The highest BCUT2D eigenvalue weighted by Crippen LogP contribution is 2.31. The van der Waals surface area contributed by atoms with Crippen molar-refractivity contribution in [1.29, 1.82) is 0 Å². The zero-order chi connectivity index (χ0) is 11.6. The third-order valence-corrected chi connectivity index (χ3v) is 2.01. The van der Waals surface area contributed by atoms with Crippen molar-refractivity contribution < 1.29 is 20.1 Å². The molecule has 0 aliphatic carbocycles. The van der Waals surface area contributed by atoms with Crippen molar-refractivity contribution in [2.24, 2.45) is 5.73 Å². The Morgan fingerprint density at radius 3 is 2.47 bits per heavy atom. The number of phenols is 1. The van der Waals surface area contributed by atoms with E-state index in [-0.39, 0.29) is 17.0 Å². The number of amides is 1. The first-order chi connectivity index (χ1) is 6.95. The largest absolute Gasteiger partial charge is 0.505 e. The van der Waals surface area contributed by atoms with Gasteiger partial charge in [-0.15, -0.1) is 0 Å². The molecular weight excluding hydrogens is 200 g/mol. The van der Waals surface area contributed by atoms with Crippen LogP contribution in [0, 0.1) is 0 Å². The SMILES string of the molecule is NC(=O)C(O)C(O)c1cccc(N)c1O. The summed E-state index contributed by atoms with van der Waals surface area (Å²) in [5, 5.41) is 28.1. The summed E-state index contributed by atoms with van der Waals surface area (Å²) in [7, 11) is 0. The van der Waals surface area contributed by atoms with Gasteiger partial charge in [0.25, 0.3) is 0 Å². The summed E-state index contributed by atoms with van der Waals surface area (Å²) >= 11 is 0. The highest BCUT2D eigenvalue weighted by Gasteiger charge is 2.26. The van der Waals surface area contributed by atoms with Gasteiger partial charge in [-0.05, 0) is 6.07 Å². The van der Waals surface area contributed by atoms with Crippen LogP contribution in [-0.2, 0) is 4.79 Å². The summed E-state index contributed by atoms with van der Waals surface area (Å²) in [5.41, 5.74) is 10.2. The highest BCUT2D eigenvalue weighted by molar-refractivity contribution is 5.79. The van der Waals surface area contributed by atoms with E-state index in [4.69, 9.17) is 11.5 Å². The number of phenolic OH excluding ortho intramolecular Hbond substituents is 1. The molecule has 82 valence electrons. The maximum atomic E-state index is 10.6. The van der Waals surface area contributed by atoms with Crippen LogP contribution >= 0.6 is 0 Å². The molecule has 6 heteroatoms. The van der Waals surface area contributed by atoms with Crippen LogP contribution < -0.4 is 11.5 Å². The van der Waals surface area contributed by atoms with Crippen LogP contribution in [0.4, 0.5) is 5.69 Å². The minimum Gasteiger partial charge on any atom is -0.505 e. The Morgan fingerprint density at radius 2 is 1.93 bits per heavy atom. The molecule has 0 bridgehead atoms. The number of carbonyl (C=O) groups excluding carboxylic acids is 1. The summed E-state index contributed by atoms with van der Waals surface area (Å²) in [6.07, 6.45) is -3.37. The maximum Gasteiger partial charge on any atom is 0.249 e. The maximum absolute atomic E-state index is 10.6. The van der Waals surface area contributed by atoms with Gasteiger partial charge in [-0.1, -0.05) is 12.1 Å². The fourth-order valence-corrected chi connectivity index (χ4v) is 1.14. The Labute approximate surface area is 85.8 Å². The number of aliphatic hydroxyl groups excluding tert-OH is 2. The Morgan fingerprint density at radius 1 is 1.33 bits per heavy atom. The quantitative estimate of drug-likeness (QED) is 0.319. The van der Waals surface area contributed by atoms with Crippen LogP contribution in [-0.4, -0.2) is 27.3 Å². The van der Waals surface area contributed by atoms with E-state index < -0.39 is 18.1 Å². The number of anilines is 1. The third-order valence-electron chi connectivity index (χ3n) is 2.01. The average molecular weight is 212 g/mol. The number of nitrogen functional groups attached to an aromatic ring is 1. The number of hydrogen-bond acceptors (Lipinski definition) is 5. The molecule has 1 aromatic carbocycles. The lowest BCUT2D eigenvalue weighted by molar-refractivity contribution is -0.132. The number of hydrogen-bond donors (Lipinski definition) is 5. The van der Waals surface area contributed by atoms with Crippen molar-refractivity contribution in [3.63, 3.8) is 0 Å². The minimum absolute atomic E-state index is 0.0405. The molecule has 0 aliphatic rings. The van der Waals surface area contributed by atoms with Crippen molar-refractivity contribution in [2.45, 2.75) is 12.2 Å². The number of primary amides is 1. The van der Waals surface area contributed by atoms with Gasteiger partial charge in [0.15, 0.2) is 6.10 Å². The van der Waals surface area contributed by atoms with Gasteiger partial charge < -0.3 is 26.8 Å². The number of aliphatic hydroxyl groups is 2. The van der Waals surface area contributed by atoms with Crippen LogP contribution in [0.3, 0.4) is 0 Å². The van der Waals surface area contributed by atoms with Gasteiger partial charge >= 0.3 is 0 Å². The van der Waals surface area contributed by atoms with Crippen molar-refractivity contribution >= 4 is 11.6 Å². The van der Waals surface area contributed by atoms with Gasteiger partial charge in [-0.2, -0.15) is 0 Å².